The highest BCUT2D eigenvalue weighted by Crippen LogP contribution is 2.00. The van der Waals surface area contributed by atoms with E-state index in [4.69, 9.17) is 4.52 Å². The average molecular weight is 211 g/mol. The highest BCUT2D eigenvalue weighted by atomic mass is 16.5. The number of hydrogen-bond donors (Lipinski definition) is 2. The van der Waals surface area contributed by atoms with Crippen molar-refractivity contribution in [1.82, 2.24) is 15.8 Å². The predicted molar refractivity (Wildman–Crippen MR) is 56.4 cm³/mol. The van der Waals surface area contributed by atoms with Gasteiger partial charge in [-0.05, 0) is 20.3 Å². The molecule has 0 saturated heterocycles. The van der Waals surface area contributed by atoms with E-state index in [2.05, 4.69) is 15.8 Å². The molecular weight excluding hydrogens is 194 g/mol. The summed E-state index contributed by atoms with van der Waals surface area (Å²) in [5.74, 6) is 0.659. The minimum atomic E-state index is -0.182. The second-order valence-corrected chi connectivity index (χ2v) is 3.57. The van der Waals surface area contributed by atoms with Gasteiger partial charge in [-0.15, -0.1) is 0 Å². The van der Waals surface area contributed by atoms with Gasteiger partial charge in [-0.3, -0.25) is 0 Å². The van der Waals surface area contributed by atoms with Crippen molar-refractivity contribution >= 4 is 6.03 Å². The highest BCUT2D eigenvalue weighted by molar-refractivity contribution is 5.74. The minimum Gasteiger partial charge on any atom is -0.359 e. The number of aromatic nitrogens is 1. The summed E-state index contributed by atoms with van der Waals surface area (Å²) in [6, 6.07) is 1.80. The second-order valence-electron chi connectivity index (χ2n) is 3.57. The predicted octanol–water partition coefficient (Wildman–Crippen LogP) is 1.58. The van der Waals surface area contributed by atoms with E-state index in [1.807, 2.05) is 20.8 Å². The number of amides is 2. The summed E-state index contributed by atoms with van der Waals surface area (Å²) < 4.78 is 4.95. The van der Waals surface area contributed by atoms with E-state index in [0.29, 0.717) is 12.3 Å². The van der Waals surface area contributed by atoms with E-state index in [1.165, 1.54) is 0 Å². The van der Waals surface area contributed by atoms with Gasteiger partial charge >= 0.3 is 6.03 Å². The zero-order chi connectivity index (χ0) is 11.3. The van der Waals surface area contributed by atoms with E-state index in [0.717, 1.165) is 12.1 Å². The summed E-state index contributed by atoms with van der Waals surface area (Å²) >= 11 is 0. The molecule has 5 nitrogen and oxygen atoms in total. The summed E-state index contributed by atoms with van der Waals surface area (Å²) in [7, 11) is 0. The lowest BCUT2D eigenvalue weighted by molar-refractivity contribution is 0.235. The van der Waals surface area contributed by atoms with E-state index in [9.17, 15) is 4.79 Å². The van der Waals surface area contributed by atoms with Crippen LogP contribution >= 0.6 is 0 Å². The summed E-state index contributed by atoms with van der Waals surface area (Å²) in [6.07, 6.45) is 0.912. The lowest BCUT2D eigenvalue weighted by atomic mass is 10.3. The van der Waals surface area contributed by atoms with Crippen LogP contribution in [0, 0.1) is 6.92 Å². The lowest BCUT2D eigenvalue weighted by Crippen LogP contribution is -2.40. The number of aryl methyl sites for hydroxylation is 1. The summed E-state index contributed by atoms with van der Waals surface area (Å²) in [4.78, 5) is 11.3. The van der Waals surface area contributed by atoms with Crippen LogP contribution in [0.1, 0.15) is 31.7 Å². The van der Waals surface area contributed by atoms with Crippen LogP contribution in [0.15, 0.2) is 10.6 Å². The standard InChI is InChI=1S/C10H17N3O2/c1-4-7(2)12-10(14)11-6-9-5-8(3)13-15-9/h5,7H,4,6H2,1-3H3,(H2,11,12,14). The molecule has 1 heterocycles. The van der Waals surface area contributed by atoms with E-state index < -0.39 is 0 Å². The van der Waals surface area contributed by atoms with Crippen LogP contribution in [0.3, 0.4) is 0 Å². The van der Waals surface area contributed by atoms with Crippen LogP contribution in [0.25, 0.3) is 0 Å². The third-order valence-corrected chi connectivity index (χ3v) is 2.09. The molecule has 0 saturated carbocycles. The van der Waals surface area contributed by atoms with Gasteiger partial charge in [-0.25, -0.2) is 4.79 Å². The molecule has 1 aromatic rings. The summed E-state index contributed by atoms with van der Waals surface area (Å²) in [6.45, 7) is 6.18. The Bertz CT molecular complexity index is 322. The maximum absolute atomic E-state index is 11.3. The van der Waals surface area contributed by atoms with Gasteiger partial charge in [0, 0.05) is 12.1 Å². The van der Waals surface area contributed by atoms with Gasteiger partial charge in [0.1, 0.15) is 0 Å². The number of nitrogens with one attached hydrogen (secondary N) is 2. The molecule has 0 spiro atoms. The molecule has 0 aliphatic rings. The van der Waals surface area contributed by atoms with Crippen LogP contribution in [-0.4, -0.2) is 17.2 Å². The summed E-state index contributed by atoms with van der Waals surface area (Å²) in [5, 5.41) is 9.21. The average Bonchev–Trinajstić information content (AvgIpc) is 2.61. The van der Waals surface area contributed by atoms with E-state index >= 15 is 0 Å². The van der Waals surface area contributed by atoms with Crippen LogP contribution < -0.4 is 10.6 Å². The van der Waals surface area contributed by atoms with Crippen molar-refractivity contribution < 1.29 is 9.32 Å². The molecule has 0 aliphatic heterocycles. The van der Waals surface area contributed by atoms with Gasteiger partial charge < -0.3 is 15.2 Å². The Morgan fingerprint density at radius 2 is 2.40 bits per heavy atom. The third kappa shape index (κ3) is 4.01. The van der Waals surface area contributed by atoms with Crippen molar-refractivity contribution in [2.75, 3.05) is 0 Å². The molecule has 15 heavy (non-hydrogen) atoms. The second kappa shape index (κ2) is 5.38. The van der Waals surface area contributed by atoms with Gasteiger partial charge in [0.2, 0.25) is 0 Å². The normalized spacial score (nSPS) is 12.2. The van der Waals surface area contributed by atoms with Crippen molar-refractivity contribution in [3.05, 3.63) is 17.5 Å². The molecule has 0 fully saturated rings. The maximum Gasteiger partial charge on any atom is 0.315 e. The largest absolute Gasteiger partial charge is 0.359 e. The fourth-order valence-electron chi connectivity index (χ4n) is 1.04. The minimum absolute atomic E-state index is 0.182. The van der Waals surface area contributed by atoms with Crippen LogP contribution in [0.4, 0.5) is 4.79 Å². The Balaban J connectivity index is 2.28. The van der Waals surface area contributed by atoms with Crippen molar-refractivity contribution in [2.45, 2.75) is 39.8 Å². The Labute approximate surface area is 89.2 Å². The molecule has 84 valence electrons. The number of carbonyl (C=O) groups is 1. The molecule has 0 aliphatic carbocycles. The maximum atomic E-state index is 11.3. The molecule has 1 atom stereocenters. The first kappa shape index (κ1) is 11.6. The first-order chi connectivity index (χ1) is 7.11. The SMILES string of the molecule is CCC(C)NC(=O)NCc1cc(C)no1. The zero-order valence-corrected chi connectivity index (χ0v) is 9.33. The van der Waals surface area contributed by atoms with Crippen LogP contribution in [0.5, 0.6) is 0 Å². The number of carbonyl (C=O) groups excluding carboxylic acids is 1. The first-order valence-corrected chi connectivity index (χ1v) is 5.08. The molecule has 2 amide bonds. The molecule has 2 N–H and O–H groups in total. The molecule has 0 bridgehead atoms. The van der Waals surface area contributed by atoms with Crippen LogP contribution in [0.2, 0.25) is 0 Å². The van der Waals surface area contributed by atoms with E-state index in [-0.39, 0.29) is 12.1 Å². The topological polar surface area (TPSA) is 67.2 Å². The lowest BCUT2D eigenvalue weighted by Gasteiger charge is -2.11. The number of urea groups is 1. The van der Waals surface area contributed by atoms with Crippen molar-refractivity contribution in [3.8, 4) is 0 Å². The van der Waals surface area contributed by atoms with Gasteiger partial charge in [-0.1, -0.05) is 12.1 Å². The Morgan fingerprint density at radius 3 is 2.93 bits per heavy atom. The fraction of sp³-hybridized carbons (Fsp3) is 0.600. The Kier molecular flexibility index (Phi) is 4.15. The molecule has 1 rings (SSSR count). The number of nitrogens with zero attached hydrogens (tertiary/aromatic N) is 1. The summed E-state index contributed by atoms with van der Waals surface area (Å²) in [5.41, 5.74) is 0.814. The van der Waals surface area contributed by atoms with Gasteiger partial charge in [-0.2, -0.15) is 0 Å². The smallest absolute Gasteiger partial charge is 0.315 e. The van der Waals surface area contributed by atoms with Gasteiger partial charge in [0.05, 0.1) is 12.2 Å². The molecule has 5 heteroatoms. The Hall–Kier alpha value is -1.52. The van der Waals surface area contributed by atoms with Crippen molar-refractivity contribution in [1.29, 1.82) is 0 Å². The van der Waals surface area contributed by atoms with Gasteiger partial charge in [0.15, 0.2) is 5.76 Å². The Morgan fingerprint density at radius 1 is 1.67 bits per heavy atom. The zero-order valence-electron chi connectivity index (χ0n) is 9.33. The monoisotopic (exact) mass is 211 g/mol. The number of hydrogen-bond acceptors (Lipinski definition) is 3. The fourth-order valence-corrected chi connectivity index (χ4v) is 1.04. The molecule has 0 aromatic carbocycles. The quantitative estimate of drug-likeness (QED) is 0.794. The van der Waals surface area contributed by atoms with Crippen molar-refractivity contribution in [3.63, 3.8) is 0 Å². The van der Waals surface area contributed by atoms with E-state index in [1.54, 1.807) is 6.07 Å². The molecule has 1 unspecified atom stereocenters. The van der Waals surface area contributed by atoms with Crippen LogP contribution in [-0.2, 0) is 6.54 Å². The van der Waals surface area contributed by atoms with Crippen molar-refractivity contribution in [2.24, 2.45) is 0 Å². The molecule has 0 radical (unpaired) electrons. The first-order valence-electron chi connectivity index (χ1n) is 5.08. The third-order valence-electron chi connectivity index (χ3n) is 2.09. The highest BCUT2D eigenvalue weighted by Gasteiger charge is 2.06. The molecular formula is C10H17N3O2. The van der Waals surface area contributed by atoms with Gasteiger partial charge in [0.25, 0.3) is 0 Å². The number of rotatable bonds is 4. The molecule has 1 aromatic heterocycles.